The van der Waals surface area contributed by atoms with Crippen molar-refractivity contribution in [2.24, 2.45) is 0 Å². The Labute approximate surface area is 148 Å². The summed E-state index contributed by atoms with van der Waals surface area (Å²) in [4.78, 5) is 22.3. The number of fused-ring (bicyclic) bond motifs is 1. The van der Waals surface area contributed by atoms with Gasteiger partial charge in [0.1, 0.15) is 0 Å². The van der Waals surface area contributed by atoms with Crippen molar-refractivity contribution in [1.29, 1.82) is 0 Å². The van der Waals surface area contributed by atoms with Crippen molar-refractivity contribution in [2.45, 2.75) is 11.4 Å². The van der Waals surface area contributed by atoms with Gasteiger partial charge in [0.05, 0.1) is 9.82 Å². The lowest BCUT2D eigenvalue weighted by Crippen LogP contribution is -2.23. The third kappa shape index (κ3) is 3.75. The molecule has 1 amide bonds. The molecule has 3 rings (SSSR count). The molecule has 0 saturated heterocycles. The number of benzene rings is 2. The first kappa shape index (κ1) is 17.7. The quantitative estimate of drug-likeness (QED) is 0.619. The van der Waals surface area contributed by atoms with E-state index in [9.17, 15) is 23.3 Å². The standard InChI is InChI=1S/C16H14N2O7S/c1-26(22,23)13-6-11(5-12(7-13)18(20)21)16(19)17-8-10-2-3-14-15(4-10)25-9-24-14/h2-7H,8-9H2,1H3,(H,17,19). The Morgan fingerprint density at radius 2 is 1.92 bits per heavy atom. The molecule has 136 valence electrons. The highest BCUT2D eigenvalue weighted by molar-refractivity contribution is 7.90. The summed E-state index contributed by atoms with van der Waals surface area (Å²) >= 11 is 0. The van der Waals surface area contributed by atoms with Crippen molar-refractivity contribution < 1.29 is 27.6 Å². The zero-order valence-corrected chi connectivity index (χ0v) is 14.4. The van der Waals surface area contributed by atoms with Gasteiger partial charge in [0, 0.05) is 30.5 Å². The molecule has 0 radical (unpaired) electrons. The zero-order chi connectivity index (χ0) is 18.9. The highest BCUT2D eigenvalue weighted by Gasteiger charge is 2.19. The molecule has 0 aromatic heterocycles. The maximum absolute atomic E-state index is 12.3. The lowest BCUT2D eigenvalue weighted by atomic mass is 10.1. The van der Waals surface area contributed by atoms with E-state index in [1.54, 1.807) is 18.2 Å². The van der Waals surface area contributed by atoms with Gasteiger partial charge in [-0.15, -0.1) is 0 Å². The summed E-state index contributed by atoms with van der Waals surface area (Å²) < 4.78 is 33.8. The molecule has 1 heterocycles. The number of amides is 1. The number of carbonyl (C=O) groups excluding carboxylic acids is 1. The van der Waals surface area contributed by atoms with Gasteiger partial charge < -0.3 is 14.8 Å². The van der Waals surface area contributed by atoms with Gasteiger partial charge in [-0.3, -0.25) is 14.9 Å². The van der Waals surface area contributed by atoms with Gasteiger partial charge in [0.2, 0.25) is 6.79 Å². The van der Waals surface area contributed by atoms with Crippen LogP contribution in [0.1, 0.15) is 15.9 Å². The van der Waals surface area contributed by atoms with Crippen LogP contribution in [0.4, 0.5) is 5.69 Å². The summed E-state index contributed by atoms with van der Waals surface area (Å²) in [6, 6.07) is 8.21. The van der Waals surface area contributed by atoms with E-state index in [0.717, 1.165) is 30.0 Å². The molecule has 0 fully saturated rings. The third-order valence-corrected chi connectivity index (χ3v) is 4.77. The molecule has 1 aliphatic rings. The number of rotatable bonds is 5. The normalized spacial score (nSPS) is 12.7. The summed E-state index contributed by atoms with van der Waals surface area (Å²) in [6.45, 7) is 0.263. The number of hydrogen-bond acceptors (Lipinski definition) is 7. The van der Waals surface area contributed by atoms with Crippen LogP contribution in [0.2, 0.25) is 0 Å². The second-order valence-electron chi connectivity index (χ2n) is 5.62. The molecule has 0 atom stereocenters. The molecule has 26 heavy (non-hydrogen) atoms. The maximum atomic E-state index is 12.3. The fraction of sp³-hybridized carbons (Fsp3) is 0.188. The first-order valence-corrected chi connectivity index (χ1v) is 9.29. The van der Waals surface area contributed by atoms with E-state index in [1.165, 1.54) is 0 Å². The highest BCUT2D eigenvalue weighted by atomic mass is 32.2. The summed E-state index contributed by atoms with van der Waals surface area (Å²) in [5.41, 5.74) is 0.151. The molecule has 2 aromatic carbocycles. The van der Waals surface area contributed by atoms with Crippen LogP contribution < -0.4 is 14.8 Å². The molecular formula is C16H14N2O7S. The maximum Gasteiger partial charge on any atom is 0.271 e. The summed E-state index contributed by atoms with van der Waals surface area (Å²) in [7, 11) is -3.70. The smallest absolute Gasteiger partial charge is 0.271 e. The zero-order valence-electron chi connectivity index (χ0n) is 13.6. The third-order valence-electron chi connectivity index (χ3n) is 3.68. The van der Waals surface area contributed by atoms with Crippen molar-refractivity contribution in [3.63, 3.8) is 0 Å². The number of ether oxygens (including phenoxy) is 2. The Bertz CT molecular complexity index is 1000. The van der Waals surface area contributed by atoms with Crippen LogP contribution in [0, 0.1) is 10.1 Å². The predicted octanol–water partition coefficient (Wildman–Crippen LogP) is 1.66. The number of carbonyl (C=O) groups is 1. The fourth-order valence-electron chi connectivity index (χ4n) is 2.37. The van der Waals surface area contributed by atoms with E-state index in [-0.39, 0.29) is 23.8 Å². The highest BCUT2D eigenvalue weighted by Crippen LogP contribution is 2.32. The van der Waals surface area contributed by atoms with E-state index >= 15 is 0 Å². The second-order valence-corrected chi connectivity index (χ2v) is 7.63. The lowest BCUT2D eigenvalue weighted by Gasteiger charge is -2.08. The number of nitrogens with one attached hydrogen (secondary N) is 1. The first-order valence-electron chi connectivity index (χ1n) is 7.40. The summed E-state index contributed by atoms with van der Waals surface area (Å²) in [6.07, 6.45) is 0.917. The minimum Gasteiger partial charge on any atom is -0.454 e. The van der Waals surface area contributed by atoms with Crippen LogP contribution in [-0.4, -0.2) is 32.3 Å². The average molecular weight is 378 g/mol. The van der Waals surface area contributed by atoms with Crippen molar-refractivity contribution in [3.05, 3.63) is 57.6 Å². The number of hydrogen-bond donors (Lipinski definition) is 1. The molecule has 2 aromatic rings. The first-order chi connectivity index (χ1) is 12.2. The van der Waals surface area contributed by atoms with Crippen molar-refractivity contribution >= 4 is 21.4 Å². The molecule has 0 spiro atoms. The Kier molecular flexibility index (Phi) is 4.51. The van der Waals surface area contributed by atoms with E-state index < -0.39 is 26.4 Å². The van der Waals surface area contributed by atoms with Crippen LogP contribution >= 0.6 is 0 Å². The molecular weight excluding hydrogens is 364 g/mol. The van der Waals surface area contributed by atoms with Crippen molar-refractivity contribution in [3.8, 4) is 11.5 Å². The minimum absolute atomic E-state index is 0.111. The van der Waals surface area contributed by atoms with Crippen LogP contribution in [0.5, 0.6) is 11.5 Å². The SMILES string of the molecule is CS(=O)(=O)c1cc(C(=O)NCc2ccc3c(c2)OCO3)cc([N+](=O)[O-])c1. The number of nitro groups is 1. The van der Waals surface area contributed by atoms with E-state index in [2.05, 4.69) is 5.32 Å². The molecule has 9 nitrogen and oxygen atoms in total. The Morgan fingerprint density at radius 3 is 2.62 bits per heavy atom. The molecule has 0 unspecified atom stereocenters. The molecule has 0 bridgehead atoms. The van der Waals surface area contributed by atoms with Gasteiger partial charge in [0.25, 0.3) is 11.6 Å². The monoisotopic (exact) mass is 378 g/mol. The van der Waals surface area contributed by atoms with Gasteiger partial charge in [-0.25, -0.2) is 8.42 Å². The Balaban J connectivity index is 1.81. The molecule has 1 aliphatic heterocycles. The molecule has 0 saturated carbocycles. The lowest BCUT2D eigenvalue weighted by molar-refractivity contribution is -0.385. The van der Waals surface area contributed by atoms with Crippen LogP contribution in [0.3, 0.4) is 0 Å². The number of nitrogens with zero attached hydrogens (tertiary/aromatic N) is 1. The van der Waals surface area contributed by atoms with Gasteiger partial charge in [-0.05, 0) is 23.8 Å². The van der Waals surface area contributed by atoms with Gasteiger partial charge in [-0.1, -0.05) is 6.07 Å². The van der Waals surface area contributed by atoms with E-state index in [4.69, 9.17) is 9.47 Å². The van der Waals surface area contributed by atoms with Gasteiger partial charge >= 0.3 is 0 Å². The average Bonchev–Trinajstić information content (AvgIpc) is 3.06. The van der Waals surface area contributed by atoms with E-state index in [1.807, 2.05) is 0 Å². The van der Waals surface area contributed by atoms with Gasteiger partial charge in [-0.2, -0.15) is 0 Å². The number of non-ortho nitro benzene ring substituents is 1. The van der Waals surface area contributed by atoms with Crippen LogP contribution in [0.15, 0.2) is 41.3 Å². The largest absolute Gasteiger partial charge is 0.454 e. The van der Waals surface area contributed by atoms with Crippen LogP contribution in [0.25, 0.3) is 0 Å². The van der Waals surface area contributed by atoms with E-state index in [0.29, 0.717) is 11.5 Å². The summed E-state index contributed by atoms with van der Waals surface area (Å²) in [5, 5.41) is 13.6. The Morgan fingerprint density at radius 1 is 1.19 bits per heavy atom. The van der Waals surface area contributed by atoms with Crippen LogP contribution in [-0.2, 0) is 16.4 Å². The molecule has 0 aliphatic carbocycles. The predicted molar refractivity (Wildman–Crippen MR) is 89.9 cm³/mol. The molecule has 10 heteroatoms. The molecule has 1 N–H and O–H groups in total. The fourth-order valence-corrected chi connectivity index (χ4v) is 3.05. The minimum atomic E-state index is -3.70. The van der Waals surface area contributed by atoms with Gasteiger partial charge in [0.15, 0.2) is 21.3 Å². The number of nitro benzene ring substituents is 1. The Hall–Kier alpha value is -3.14. The summed E-state index contributed by atoms with van der Waals surface area (Å²) in [5.74, 6) is 0.541. The second kappa shape index (κ2) is 6.64. The topological polar surface area (TPSA) is 125 Å². The number of sulfone groups is 1. The van der Waals surface area contributed by atoms with Crippen molar-refractivity contribution in [2.75, 3.05) is 13.0 Å². The van der Waals surface area contributed by atoms with Crippen molar-refractivity contribution in [1.82, 2.24) is 5.32 Å².